The van der Waals surface area contributed by atoms with Crippen molar-refractivity contribution in [3.8, 4) is 0 Å². The normalized spacial score (nSPS) is 16.9. The van der Waals surface area contributed by atoms with Gasteiger partial charge in [0.25, 0.3) is 0 Å². The first-order chi connectivity index (χ1) is 14.1. The van der Waals surface area contributed by atoms with Gasteiger partial charge in [-0.15, -0.1) is 0 Å². The van der Waals surface area contributed by atoms with Crippen LogP contribution in [0.5, 0.6) is 0 Å². The van der Waals surface area contributed by atoms with Crippen LogP contribution in [0.2, 0.25) is 0 Å². The van der Waals surface area contributed by atoms with Crippen LogP contribution >= 0.6 is 0 Å². The van der Waals surface area contributed by atoms with Gasteiger partial charge in [-0.05, 0) is 36.2 Å². The van der Waals surface area contributed by atoms with Gasteiger partial charge >= 0.3 is 6.03 Å². The van der Waals surface area contributed by atoms with Crippen LogP contribution in [0.25, 0.3) is 0 Å². The third-order valence-corrected chi connectivity index (χ3v) is 5.62. The molecule has 0 aliphatic carbocycles. The number of benzene rings is 1. The first-order valence-corrected chi connectivity index (χ1v) is 10.1. The Morgan fingerprint density at radius 2 is 1.72 bits per heavy atom. The summed E-state index contributed by atoms with van der Waals surface area (Å²) in [6.45, 7) is 5.46. The molecule has 0 saturated carbocycles. The van der Waals surface area contributed by atoms with Crippen molar-refractivity contribution < 1.29 is 14.3 Å². The van der Waals surface area contributed by atoms with Crippen molar-refractivity contribution >= 4 is 17.6 Å². The lowest BCUT2D eigenvalue weighted by Crippen LogP contribution is -2.50. The highest BCUT2D eigenvalue weighted by molar-refractivity contribution is 5.90. The first kappa shape index (κ1) is 19.4. The van der Waals surface area contributed by atoms with E-state index < -0.39 is 0 Å². The summed E-state index contributed by atoms with van der Waals surface area (Å²) in [6.07, 6.45) is 3.63. The van der Waals surface area contributed by atoms with E-state index in [4.69, 9.17) is 4.74 Å². The molecule has 0 radical (unpaired) electrons. The number of nitrogens with one attached hydrogen (secondary N) is 1. The molecule has 4 rings (SSSR count). The van der Waals surface area contributed by atoms with Gasteiger partial charge in [-0.3, -0.25) is 9.78 Å². The molecule has 7 nitrogen and oxygen atoms in total. The molecule has 1 N–H and O–H groups in total. The number of nitrogens with zero attached hydrogens (tertiary/aromatic N) is 3. The fourth-order valence-electron chi connectivity index (χ4n) is 3.69. The number of hydrogen-bond acceptors (Lipinski definition) is 4. The Kier molecular flexibility index (Phi) is 5.76. The molecule has 0 spiro atoms. The van der Waals surface area contributed by atoms with Crippen LogP contribution in [0, 0.1) is 0 Å². The monoisotopic (exact) mass is 394 g/mol. The molecule has 2 saturated heterocycles. The van der Waals surface area contributed by atoms with Crippen molar-refractivity contribution in [1.82, 2.24) is 14.8 Å². The number of carbonyl (C=O) groups excluding carboxylic acids is 2. The van der Waals surface area contributed by atoms with Gasteiger partial charge in [0.05, 0.1) is 0 Å². The molecule has 0 atom stereocenters. The summed E-state index contributed by atoms with van der Waals surface area (Å²) >= 11 is 0. The number of likely N-dealkylation sites (tertiary alicyclic amines) is 2. The molecular formula is C22H26N4O3. The molecule has 2 aliphatic rings. The van der Waals surface area contributed by atoms with E-state index in [0.717, 1.165) is 18.8 Å². The number of amides is 3. The Morgan fingerprint density at radius 1 is 1.03 bits per heavy atom. The minimum Gasteiger partial charge on any atom is -0.372 e. The Morgan fingerprint density at radius 3 is 2.38 bits per heavy atom. The highest BCUT2D eigenvalue weighted by atomic mass is 16.5. The molecule has 29 heavy (non-hydrogen) atoms. The van der Waals surface area contributed by atoms with Crippen molar-refractivity contribution in [2.75, 3.05) is 44.7 Å². The summed E-state index contributed by atoms with van der Waals surface area (Å²) in [5.74, 6) is 0.760. The highest BCUT2D eigenvalue weighted by Gasteiger charge is 2.33. The Hall–Kier alpha value is -2.93. The van der Waals surface area contributed by atoms with E-state index in [2.05, 4.69) is 16.4 Å². The van der Waals surface area contributed by atoms with Crippen molar-refractivity contribution in [3.63, 3.8) is 0 Å². The second-order valence-electron chi connectivity index (χ2n) is 7.57. The Bertz CT molecular complexity index is 844. The molecule has 1 aromatic carbocycles. The smallest absolute Gasteiger partial charge is 0.321 e. The van der Waals surface area contributed by atoms with Crippen LogP contribution in [0.1, 0.15) is 29.9 Å². The minimum atomic E-state index is -0.0748. The molecule has 3 amide bonds. The average Bonchev–Trinajstić information content (AvgIpc) is 2.66. The van der Waals surface area contributed by atoms with E-state index in [1.54, 1.807) is 11.1 Å². The standard InChI is InChI=1S/C22H26N4O3/c1-2-29-15-21(27)25-11-18(12-25)16-5-7-20(8-6-16)24-22(28)26-13-19(14-26)17-4-3-9-23-10-17/h3-10,18-19H,2,11-15H2,1H3,(H,24,28). The maximum atomic E-state index is 12.4. The second-order valence-corrected chi connectivity index (χ2v) is 7.57. The van der Waals surface area contributed by atoms with E-state index >= 15 is 0 Å². The van der Waals surface area contributed by atoms with Crippen LogP contribution in [-0.2, 0) is 9.53 Å². The lowest BCUT2D eigenvalue weighted by atomic mass is 9.91. The lowest BCUT2D eigenvalue weighted by molar-refractivity contribution is -0.140. The third-order valence-electron chi connectivity index (χ3n) is 5.62. The van der Waals surface area contributed by atoms with Crippen LogP contribution in [0.3, 0.4) is 0 Å². The third kappa shape index (κ3) is 4.40. The molecule has 7 heteroatoms. The van der Waals surface area contributed by atoms with Crippen molar-refractivity contribution in [1.29, 1.82) is 0 Å². The largest absolute Gasteiger partial charge is 0.372 e. The predicted octanol–water partition coefficient (Wildman–Crippen LogP) is 2.68. The molecule has 2 fully saturated rings. The number of urea groups is 1. The summed E-state index contributed by atoms with van der Waals surface area (Å²) < 4.78 is 5.17. The second kappa shape index (κ2) is 8.61. The SMILES string of the molecule is CCOCC(=O)N1CC(c2ccc(NC(=O)N3CC(c4cccnc4)C3)cc2)C1. The Balaban J connectivity index is 1.22. The van der Waals surface area contributed by atoms with Gasteiger partial charge in [-0.2, -0.15) is 0 Å². The fraction of sp³-hybridized carbons (Fsp3) is 0.409. The first-order valence-electron chi connectivity index (χ1n) is 10.1. The van der Waals surface area contributed by atoms with Crippen molar-refractivity contribution in [2.24, 2.45) is 0 Å². The van der Waals surface area contributed by atoms with Crippen molar-refractivity contribution in [3.05, 3.63) is 59.9 Å². The fourth-order valence-corrected chi connectivity index (χ4v) is 3.69. The zero-order valence-corrected chi connectivity index (χ0v) is 16.6. The van der Waals surface area contributed by atoms with Crippen LogP contribution in [0.15, 0.2) is 48.8 Å². The number of pyridine rings is 1. The number of hydrogen-bond donors (Lipinski definition) is 1. The molecule has 0 unspecified atom stereocenters. The number of ether oxygens (including phenoxy) is 1. The van der Waals surface area contributed by atoms with E-state index in [0.29, 0.717) is 31.5 Å². The van der Waals surface area contributed by atoms with Crippen molar-refractivity contribution in [2.45, 2.75) is 18.8 Å². The highest BCUT2D eigenvalue weighted by Crippen LogP contribution is 2.29. The van der Waals surface area contributed by atoms with Gasteiger partial charge in [0.15, 0.2) is 0 Å². The molecule has 0 bridgehead atoms. The number of aromatic nitrogens is 1. The molecule has 152 valence electrons. The van der Waals surface area contributed by atoms with E-state index in [1.165, 1.54) is 11.1 Å². The Labute approximate surface area is 170 Å². The van der Waals surface area contributed by atoms with Crippen LogP contribution < -0.4 is 5.32 Å². The summed E-state index contributed by atoms with van der Waals surface area (Å²) in [6, 6.07) is 11.8. The van der Waals surface area contributed by atoms with Crippen LogP contribution in [0.4, 0.5) is 10.5 Å². The zero-order valence-electron chi connectivity index (χ0n) is 16.6. The average molecular weight is 394 g/mol. The lowest BCUT2D eigenvalue weighted by Gasteiger charge is -2.40. The summed E-state index contributed by atoms with van der Waals surface area (Å²) in [4.78, 5) is 32.1. The summed E-state index contributed by atoms with van der Waals surface area (Å²) in [5, 5.41) is 2.96. The van der Waals surface area contributed by atoms with Crippen LogP contribution in [-0.4, -0.2) is 66.1 Å². The van der Waals surface area contributed by atoms with Gasteiger partial charge in [0, 0.05) is 62.7 Å². The topological polar surface area (TPSA) is 74.8 Å². The van der Waals surface area contributed by atoms with E-state index in [-0.39, 0.29) is 18.5 Å². The van der Waals surface area contributed by atoms with Gasteiger partial charge in [-0.1, -0.05) is 18.2 Å². The van der Waals surface area contributed by atoms with Gasteiger partial charge < -0.3 is 19.9 Å². The maximum absolute atomic E-state index is 12.4. The molecule has 1 aromatic heterocycles. The molecular weight excluding hydrogens is 368 g/mol. The number of carbonyl (C=O) groups is 2. The molecule has 2 aromatic rings. The quantitative estimate of drug-likeness (QED) is 0.817. The maximum Gasteiger partial charge on any atom is 0.321 e. The number of rotatable bonds is 6. The van der Waals surface area contributed by atoms with E-state index in [9.17, 15) is 9.59 Å². The molecule has 2 aliphatic heterocycles. The zero-order chi connectivity index (χ0) is 20.2. The molecule has 3 heterocycles. The van der Waals surface area contributed by atoms with Gasteiger partial charge in [-0.25, -0.2) is 4.79 Å². The summed E-state index contributed by atoms with van der Waals surface area (Å²) in [5.41, 5.74) is 3.14. The van der Waals surface area contributed by atoms with Gasteiger partial charge in [0.2, 0.25) is 5.91 Å². The predicted molar refractivity (Wildman–Crippen MR) is 110 cm³/mol. The van der Waals surface area contributed by atoms with Gasteiger partial charge in [0.1, 0.15) is 6.61 Å². The summed E-state index contributed by atoms with van der Waals surface area (Å²) in [7, 11) is 0. The number of anilines is 1. The minimum absolute atomic E-state index is 0.0473. The van der Waals surface area contributed by atoms with E-state index in [1.807, 2.05) is 48.4 Å².